The summed E-state index contributed by atoms with van der Waals surface area (Å²) in [6, 6.07) is 10.4. The van der Waals surface area contributed by atoms with Crippen LogP contribution in [0.1, 0.15) is 34.6 Å². The van der Waals surface area contributed by atoms with E-state index in [0.29, 0.717) is 18.4 Å². The molecule has 0 fully saturated rings. The van der Waals surface area contributed by atoms with Crippen molar-refractivity contribution in [1.29, 1.82) is 0 Å². The topological polar surface area (TPSA) is 34.0 Å². The van der Waals surface area contributed by atoms with Gasteiger partial charge < -0.3 is 9.88 Å². The SMILES string of the molecule is CC(C)C(C)(C(=O)NCCn1ccc2ccccc21)C(C)C. The highest BCUT2D eigenvalue weighted by atomic mass is 16.2. The molecule has 2 aromatic rings. The smallest absolute Gasteiger partial charge is 0.226 e. The van der Waals surface area contributed by atoms with Crippen LogP contribution >= 0.6 is 0 Å². The first-order valence-corrected chi connectivity index (χ1v) is 8.19. The molecule has 0 unspecified atom stereocenters. The van der Waals surface area contributed by atoms with E-state index in [1.807, 2.05) is 12.1 Å². The number of nitrogens with zero attached hydrogens (tertiary/aromatic N) is 1. The molecular weight excluding hydrogens is 272 g/mol. The molecule has 0 bridgehead atoms. The lowest BCUT2D eigenvalue weighted by Gasteiger charge is -2.36. The summed E-state index contributed by atoms with van der Waals surface area (Å²) in [6.45, 7) is 12.0. The van der Waals surface area contributed by atoms with Gasteiger partial charge in [-0.3, -0.25) is 4.79 Å². The van der Waals surface area contributed by atoms with Crippen LogP contribution in [0, 0.1) is 17.3 Å². The van der Waals surface area contributed by atoms with Crippen molar-refractivity contribution in [3.05, 3.63) is 36.5 Å². The van der Waals surface area contributed by atoms with E-state index >= 15 is 0 Å². The molecule has 3 heteroatoms. The molecular formula is C19H28N2O. The van der Waals surface area contributed by atoms with E-state index in [1.165, 1.54) is 10.9 Å². The van der Waals surface area contributed by atoms with Gasteiger partial charge in [0.05, 0.1) is 5.41 Å². The molecule has 0 aliphatic carbocycles. The van der Waals surface area contributed by atoms with Gasteiger partial charge in [0.25, 0.3) is 0 Å². The molecule has 1 heterocycles. The van der Waals surface area contributed by atoms with Crippen molar-refractivity contribution in [2.75, 3.05) is 6.54 Å². The molecule has 120 valence electrons. The van der Waals surface area contributed by atoms with E-state index < -0.39 is 0 Å². The Labute approximate surface area is 133 Å². The number of para-hydroxylation sites is 1. The van der Waals surface area contributed by atoms with Crippen LogP contribution in [0.25, 0.3) is 10.9 Å². The standard InChI is InChI=1S/C19H28N2O/c1-14(2)19(5,15(3)4)18(22)20-11-13-21-12-10-16-8-6-7-9-17(16)21/h6-10,12,14-15H,11,13H2,1-5H3,(H,20,22). The number of hydrogen-bond acceptors (Lipinski definition) is 1. The van der Waals surface area contributed by atoms with Gasteiger partial charge in [-0.25, -0.2) is 0 Å². The summed E-state index contributed by atoms with van der Waals surface area (Å²) in [5.74, 6) is 0.800. The Morgan fingerprint density at radius 2 is 1.77 bits per heavy atom. The highest BCUT2D eigenvalue weighted by Crippen LogP contribution is 2.35. The molecule has 0 aliphatic heterocycles. The van der Waals surface area contributed by atoms with Gasteiger partial charge >= 0.3 is 0 Å². The average molecular weight is 300 g/mol. The third-order valence-corrected chi connectivity index (χ3v) is 5.21. The van der Waals surface area contributed by atoms with Crippen molar-refractivity contribution in [3.8, 4) is 0 Å². The quantitative estimate of drug-likeness (QED) is 0.857. The zero-order valence-electron chi connectivity index (χ0n) is 14.4. The number of benzene rings is 1. The lowest BCUT2D eigenvalue weighted by molar-refractivity contribution is -0.135. The molecule has 1 N–H and O–H groups in total. The minimum Gasteiger partial charge on any atom is -0.354 e. The predicted molar refractivity (Wildman–Crippen MR) is 92.7 cm³/mol. The van der Waals surface area contributed by atoms with Gasteiger partial charge in [0.15, 0.2) is 0 Å². The Morgan fingerprint density at radius 3 is 2.41 bits per heavy atom. The lowest BCUT2D eigenvalue weighted by Crippen LogP contribution is -2.46. The molecule has 0 radical (unpaired) electrons. The third kappa shape index (κ3) is 3.03. The molecule has 2 rings (SSSR count). The van der Waals surface area contributed by atoms with Gasteiger partial charge in [0.2, 0.25) is 5.91 Å². The van der Waals surface area contributed by atoms with Crippen molar-refractivity contribution in [3.63, 3.8) is 0 Å². The van der Waals surface area contributed by atoms with E-state index in [2.05, 4.69) is 68.9 Å². The predicted octanol–water partition coefficient (Wildman–Crippen LogP) is 4.08. The maximum atomic E-state index is 12.6. The fourth-order valence-corrected chi connectivity index (χ4v) is 3.01. The molecule has 22 heavy (non-hydrogen) atoms. The first-order valence-electron chi connectivity index (χ1n) is 8.19. The van der Waals surface area contributed by atoms with Crippen LogP contribution in [0.5, 0.6) is 0 Å². The summed E-state index contributed by atoms with van der Waals surface area (Å²) in [5.41, 5.74) is 0.894. The van der Waals surface area contributed by atoms with Gasteiger partial charge in [-0.15, -0.1) is 0 Å². The van der Waals surface area contributed by atoms with Gasteiger partial charge in [-0.05, 0) is 29.4 Å². The second-order valence-electron chi connectivity index (χ2n) is 6.92. The van der Waals surface area contributed by atoms with Gasteiger partial charge in [0, 0.05) is 24.8 Å². The van der Waals surface area contributed by atoms with Crippen molar-refractivity contribution in [2.24, 2.45) is 17.3 Å². The van der Waals surface area contributed by atoms with Gasteiger partial charge in [0.1, 0.15) is 0 Å². The van der Waals surface area contributed by atoms with Gasteiger partial charge in [-0.2, -0.15) is 0 Å². The highest BCUT2D eigenvalue weighted by molar-refractivity contribution is 5.83. The first-order chi connectivity index (χ1) is 10.4. The number of hydrogen-bond donors (Lipinski definition) is 1. The van der Waals surface area contributed by atoms with E-state index in [-0.39, 0.29) is 11.3 Å². The van der Waals surface area contributed by atoms with Crippen LogP contribution in [0.2, 0.25) is 0 Å². The number of carbonyl (C=O) groups excluding carboxylic acids is 1. The molecule has 0 saturated carbocycles. The number of fused-ring (bicyclic) bond motifs is 1. The van der Waals surface area contributed by atoms with E-state index in [4.69, 9.17) is 0 Å². The Balaban J connectivity index is 2.00. The highest BCUT2D eigenvalue weighted by Gasteiger charge is 2.39. The molecule has 0 atom stereocenters. The number of amides is 1. The maximum Gasteiger partial charge on any atom is 0.226 e. The third-order valence-electron chi connectivity index (χ3n) is 5.21. The molecule has 1 aromatic heterocycles. The molecule has 0 aliphatic rings. The normalized spacial score (nSPS) is 12.3. The van der Waals surface area contributed by atoms with Crippen molar-refractivity contribution >= 4 is 16.8 Å². The van der Waals surface area contributed by atoms with Crippen molar-refractivity contribution in [1.82, 2.24) is 9.88 Å². The Morgan fingerprint density at radius 1 is 1.14 bits per heavy atom. The van der Waals surface area contributed by atoms with Crippen LogP contribution in [0.3, 0.4) is 0 Å². The second-order valence-corrected chi connectivity index (χ2v) is 6.92. The number of rotatable bonds is 6. The lowest BCUT2D eigenvalue weighted by atomic mass is 9.70. The van der Waals surface area contributed by atoms with Crippen LogP contribution < -0.4 is 5.32 Å². The summed E-state index contributed by atoms with van der Waals surface area (Å²) < 4.78 is 2.19. The van der Waals surface area contributed by atoms with Crippen LogP contribution in [-0.4, -0.2) is 17.0 Å². The molecule has 0 saturated heterocycles. The van der Waals surface area contributed by atoms with E-state index in [9.17, 15) is 4.79 Å². The van der Waals surface area contributed by atoms with Crippen LogP contribution in [0.4, 0.5) is 0 Å². The summed E-state index contributed by atoms with van der Waals surface area (Å²) >= 11 is 0. The van der Waals surface area contributed by atoms with E-state index in [0.717, 1.165) is 6.54 Å². The molecule has 1 amide bonds. The number of carbonyl (C=O) groups is 1. The van der Waals surface area contributed by atoms with Crippen molar-refractivity contribution < 1.29 is 4.79 Å². The zero-order chi connectivity index (χ0) is 16.3. The summed E-state index contributed by atoms with van der Waals surface area (Å²) in [7, 11) is 0. The number of aromatic nitrogens is 1. The molecule has 1 aromatic carbocycles. The molecule has 3 nitrogen and oxygen atoms in total. The Hall–Kier alpha value is -1.77. The Bertz CT molecular complexity index is 632. The molecule has 0 spiro atoms. The number of nitrogens with one attached hydrogen (secondary N) is 1. The van der Waals surface area contributed by atoms with Crippen molar-refractivity contribution in [2.45, 2.75) is 41.2 Å². The monoisotopic (exact) mass is 300 g/mol. The Kier molecular flexibility index (Phi) is 4.94. The summed E-state index contributed by atoms with van der Waals surface area (Å²) in [5, 5.41) is 4.37. The van der Waals surface area contributed by atoms with Crippen LogP contribution in [-0.2, 0) is 11.3 Å². The maximum absolute atomic E-state index is 12.6. The van der Waals surface area contributed by atoms with E-state index in [1.54, 1.807) is 0 Å². The fourth-order valence-electron chi connectivity index (χ4n) is 3.01. The zero-order valence-corrected chi connectivity index (χ0v) is 14.4. The summed E-state index contributed by atoms with van der Waals surface area (Å²) in [6.07, 6.45) is 2.08. The van der Waals surface area contributed by atoms with Gasteiger partial charge in [-0.1, -0.05) is 52.8 Å². The average Bonchev–Trinajstić information content (AvgIpc) is 2.89. The minimum absolute atomic E-state index is 0.161. The minimum atomic E-state index is -0.321. The summed E-state index contributed by atoms with van der Waals surface area (Å²) in [4.78, 5) is 12.6. The largest absolute Gasteiger partial charge is 0.354 e. The van der Waals surface area contributed by atoms with Crippen LogP contribution in [0.15, 0.2) is 36.5 Å². The first kappa shape index (κ1) is 16.6. The fraction of sp³-hybridized carbons (Fsp3) is 0.526. The second kappa shape index (κ2) is 6.55.